The lowest BCUT2D eigenvalue weighted by Gasteiger charge is -2.19. The number of sulfonamides is 1. The Hall–Kier alpha value is -2.78. The normalized spacial score (nSPS) is 12.8. The van der Waals surface area contributed by atoms with Crippen LogP contribution in [-0.4, -0.2) is 53.1 Å². The van der Waals surface area contributed by atoms with E-state index in [9.17, 15) is 39.2 Å². The van der Waals surface area contributed by atoms with E-state index in [1.165, 1.54) is 50.4 Å². The van der Waals surface area contributed by atoms with Crippen molar-refractivity contribution in [3.63, 3.8) is 0 Å². The van der Waals surface area contributed by atoms with E-state index in [1.54, 1.807) is 13.8 Å². The van der Waals surface area contributed by atoms with Crippen molar-refractivity contribution < 1.29 is 39.2 Å². The van der Waals surface area contributed by atoms with E-state index in [1.807, 2.05) is 0 Å². The maximum absolute atomic E-state index is 12.1. The van der Waals surface area contributed by atoms with Crippen molar-refractivity contribution in [3.05, 3.63) is 47.5 Å². The molecule has 11 nitrogen and oxygen atoms in total. The highest BCUT2D eigenvalue weighted by Crippen LogP contribution is 2.28. The Labute approximate surface area is 205 Å². The highest BCUT2D eigenvalue weighted by atomic mass is 32.2. The number of nitrogens with one attached hydrogen (secondary N) is 1. The molecule has 0 aliphatic rings. The fourth-order valence-electron chi connectivity index (χ4n) is 2.87. The first kappa shape index (κ1) is 28.5. The molecule has 2 aromatic carbocycles. The van der Waals surface area contributed by atoms with Gasteiger partial charge in [-0.1, -0.05) is 38.1 Å². The van der Waals surface area contributed by atoms with Gasteiger partial charge in [-0.15, -0.1) is 0 Å². The molecule has 0 spiro atoms. The fraction of sp³-hybridized carbons (Fsp3) is 0.286. The molecule has 0 bridgehead atoms. The molecule has 1 amide bonds. The van der Waals surface area contributed by atoms with Crippen molar-refractivity contribution in [2.45, 2.75) is 30.6 Å². The Morgan fingerprint density at radius 3 is 1.86 bits per heavy atom. The summed E-state index contributed by atoms with van der Waals surface area (Å²) in [6.45, 7) is 4.70. The van der Waals surface area contributed by atoms with Crippen LogP contribution in [0.3, 0.4) is 0 Å². The maximum Gasteiger partial charge on any atom is 0.295 e. The van der Waals surface area contributed by atoms with Gasteiger partial charge in [0, 0.05) is 18.7 Å². The van der Waals surface area contributed by atoms with Gasteiger partial charge in [-0.2, -0.15) is 16.8 Å². The molecule has 0 saturated carbocycles. The van der Waals surface area contributed by atoms with E-state index in [2.05, 4.69) is 5.32 Å². The summed E-state index contributed by atoms with van der Waals surface area (Å²) in [6.07, 6.45) is 2.37. The van der Waals surface area contributed by atoms with Crippen molar-refractivity contribution in [2.24, 2.45) is 5.92 Å². The number of hydrogen-bond donors (Lipinski definition) is 3. The van der Waals surface area contributed by atoms with Gasteiger partial charge in [0.25, 0.3) is 20.2 Å². The zero-order chi connectivity index (χ0) is 26.8. The summed E-state index contributed by atoms with van der Waals surface area (Å²) in [5.74, 6) is -0.988. The van der Waals surface area contributed by atoms with E-state index in [0.717, 1.165) is 16.4 Å². The average molecular weight is 547 g/mol. The smallest absolute Gasteiger partial charge is 0.295 e. The van der Waals surface area contributed by atoms with Crippen molar-refractivity contribution >= 4 is 59.7 Å². The maximum atomic E-state index is 12.1. The third-order valence-corrected chi connectivity index (χ3v) is 8.54. The minimum atomic E-state index is -4.80. The summed E-state index contributed by atoms with van der Waals surface area (Å²) in [5.41, 5.74) is 0.000214. The molecular weight excluding hydrogens is 520 g/mol. The van der Waals surface area contributed by atoms with Crippen LogP contribution in [0.5, 0.6) is 0 Å². The van der Waals surface area contributed by atoms with Crippen LogP contribution in [0.15, 0.2) is 46.2 Å². The average Bonchev–Trinajstić information content (AvgIpc) is 2.76. The number of carbonyl (C=O) groups is 1. The topological polar surface area (TPSA) is 175 Å². The quantitative estimate of drug-likeness (QED) is 0.315. The van der Waals surface area contributed by atoms with Crippen LogP contribution >= 0.6 is 0 Å². The van der Waals surface area contributed by atoms with Crippen LogP contribution in [0.2, 0.25) is 0 Å². The summed E-state index contributed by atoms with van der Waals surface area (Å²) in [5, 5.41) is 2.51. The van der Waals surface area contributed by atoms with Crippen LogP contribution in [0.1, 0.15) is 31.9 Å². The van der Waals surface area contributed by atoms with Crippen molar-refractivity contribution in [3.8, 4) is 0 Å². The van der Waals surface area contributed by atoms with Crippen molar-refractivity contribution in [1.82, 2.24) is 0 Å². The molecule has 0 aromatic heterocycles. The fourth-order valence-corrected chi connectivity index (χ4v) is 5.11. The highest BCUT2D eigenvalue weighted by Gasteiger charge is 2.21. The van der Waals surface area contributed by atoms with E-state index < -0.39 is 40.1 Å². The second-order valence-electron chi connectivity index (χ2n) is 7.77. The number of rotatable bonds is 9. The Morgan fingerprint density at radius 1 is 0.914 bits per heavy atom. The van der Waals surface area contributed by atoms with Gasteiger partial charge in [0.05, 0.1) is 11.4 Å². The van der Waals surface area contributed by atoms with E-state index in [0.29, 0.717) is 0 Å². The molecule has 0 radical (unpaired) electrons. The van der Waals surface area contributed by atoms with E-state index >= 15 is 0 Å². The van der Waals surface area contributed by atoms with Crippen LogP contribution in [-0.2, 0) is 35.1 Å². The molecule has 0 aliphatic heterocycles. The van der Waals surface area contributed by atoms with Gasteiger partial charge in [-0.3, -0.25) is 18.2 Å². The Balaban J connectivity index is 2.58. The summed E-state index contributed by atoms with van der Waals surface area (Å²) in [6, 6.07) is 7.25. The molecule has 0 aliphatic carbocycles. The van der Waals surface area contributed by atoms with Crippen molar-refractivity contribution in [2.75, 3.05) is 22.4 Å². The third kappa shape index (κ3) is 7.11. The first-order chi connectivity index (χ1) is 16.0. The van der Waals surface area contributed by atoms with E-state index in [4.69, 9.17) is 0 Å². The Morgan fingerprint density at radius 2 is 1.40 bits per heavy atom. The molecule has 192 valence electrons. The summed E-state index contributed by atoms with van der Waals surface area (Å²) in [4.78, 5) is 10.7. The van der Waals surface area contributed by atoms with Crippen LogP contribution in [0.4, 0.5) is 11.4 Å². The second-order valence-corrected chi connectivity index (χ2v) is 12.8. The molecule has 0 fully saturated rings. The largest absolute Gasteiger partial charge is 0.326 e. The van der Waals surface area contributed by atoms with Gasteiger partial charge in [-0.25, -0.2) is 8.42 Å². The number of carbonyl (C=O) groups excluding carboxylic acids is 1. The lowest BCUT2D eigenvalue weighted by molar-refractivity contribution is -0.118. The number of nitrogens with zero attached hydrogens (tertiary/aromatic N) is 1. The number of hydrogen-bond acceptors (Lipinski definition) is 7. The second kappa shape index (κ2) is 10.5. The van der Waals surface area contributed by atoms with Gasteiger partial charge < -0.3 is 5.32 Å². The van der Waals surface area contributed by atoms with Crippen LogP contribution < -0.4 is 9.62 Å². The zero-order valence-electron chi connectivity index (χ0n) is 19.3. The minimum absolute atomic E-state index is 0.0134. The molecule has 3 N–H and O–H groups in total. The molecule has 14 heteroatoms. The van der Waals surface area contributed by atoms with Gasteiger partial charge in [0.15, 0.2) is 0 Å². The lowest BCUT2D eigenvalue weighted by Crippen LogP contribution is -2.28. The number of anilines is 2. The predicted octanol–water partition coefficient (Wildman–Crippen LogP) is 2.73. The van der Waals surface area contributed by atoms with Gasteiger partial charge in [0.1, 0.15) is 9.79 Å². The monoisotopic (exact) mass is 546 g/mol. The molecular formula is C21H26N2O9S3. The van der Waals surface area contributed by atoms with Crippen LogP contribution in [0.25, 0.3) is 12.2 Å². The lowest BCUT2D eigenvalue weighted by atomic mass is 10.1. The number of amides is 1. The third-order valence-electron chi connectivity index (χ3n) is 4.95. The van der Waals surface area contributed by atoms with Gasteiger partial charge in [-0.05, 0) is 42.3 Å². The predicted molar refractivity (Wildman–Crippen MR) is 133 cm³/mol. The SMILES string of the molecule is CCS(=O)(=O)N(C)c1ccc(/C=C/c2ccc(NC(=O)C(C)C)cc2S(=O)(=O)O)c(S(=O)(=O)O)c1. The summed E-state index contributed by atoms with van der Waals surface area (Å²) in [7, 11) is -12.0. The zero-order valence-corrected chi connectivity index (χ0v) is 21.8. The molecule has 2 aromatic rings. The summed E-state index contributed by atoms with van der Waals surface area (Å²) >= 11 is 0. The Kier molecular flexibility index (Phi) is 8.50. The molecule has 0 atom stereocenters. The molecule has 0 saturated heterocycles. The first-order valence-electron chi connectivity index (χ1n) is 10.2. The molecule has 35 heavy (non-hydrogen) atoms. The minimum Gasteiger partial charge on any atom is -0.326 e. The Bertz CT molecular complexity index is 1480. The number of benzene rings is 2. The van der Waals surface area contributed by atoms with E-state index in [-0.39, 0.29) is 40.1 Å². The standard InChI is InChI=1S/C21H26N2O9S3/c1-5-33(25,26)23(4)18-11-9-16(20(13-18)35(30,31)32)7-6-15-8-10-17(22-21(24)14(2)3)12-19(15)34(27,28)29/h6-14H,5H2,1-4H3,(H,22,24)(H,27,28,29)(H,30,31,32)/b7-6+. The van der Waals surface area contributed by atoms with Crippen LogP contribution in [0, 0.1) is 5.92 Å². The molecule has 0 unspecified atom stereocenters. The first-order valence-corrected chi connectivity index (χ1v) is 14.6. The molecule has 0 heterocycles. The summed E-state index contributed by atoms with van der Waals surface area (Å²) < 4.78 is 92.2. The van der Waals surface area contributed by atoms with Gasteiger partial charge >= 0.3 is 0 Å². The highest BCUT2D eigenvalue weighted by molar-refractivity contribution is 7.92. The molecule has 2 rings (SSSR count). The van der Waals surface area contributed by atoms with Crippen molar-refractivity contribution in [1.29, 1.82) is 0 Å². The van der Waals surface area contributed by atoms with Gasteiger partial charge in [0.2, 0.25) is 15.9 Å².